The van der Waals surface area contributed by atoms with Crippen LogP contribution in [-0.4, -0.2) is 32.7 Å². The van der Waals surface area contributed by atoms with Gasteiger partial charge in [-0.3, -0.25) is 4.79 Å². The lowest BCUT2D eigenvalue weighted by atomic mass is 10.2. The van der Waals surface area contributed by atoms with E-state index in [0.29, 0.717) is 25.2 Å². The van der Waals surface area contributed by atoms with Crippen molar-refractivity contribution in [3.8, 4) is 0 Å². The first-order chi connectivity index (χ1) is 8.74. The first-order valence-electron chi connectivity index (χ1n) is 5.39. The average Bonchev–Trinajstić information content (AvgIpc) is 2.97. The zero-order valence-electron chi connectivity index (χ0n) is 9.50. The van der Waals surface area contributed by atoms with E-state index in [1.54, 1.807) is 0 Å². The Morgan fingerprint density at radius 1 is 1.50 bits per heavy atom. The van der Waals surface area contributed by atoms with Crippen molar-refractivity contribution in [2.45, 2.75) is 19.3 Å². The van der Waals surface area contributed by atoms with Gasteiger partial charge in [-0.05, 0) is 0 Å². The molecule has 2 rings (SSSR count). The van der Waals surface area contributed by atoms with Gasteiger partial charge < -0.3 is 14.9 Å². The number of nitrogens with zero attached hydrogens (tertiary/aromatic N) is 3. The summed E-state index contributed by atoms with van der Waals surface area (Å²) < 4.78 is 4.62. The molecule has 0 aromatic carbocycles. The molecule has 0 unspecified atom stereocenters. The van der Waals surface area contributed by atoms with E-state index in [1.165, 1.54) is 17.7 Å². The van der Waals surface area contributed by atoms with Crippen LogP contribution < -0.4 is 5.32 Å². The van der Waals surface area contributed by atoms with Crippen LogP contribution in [0.15, 0.2) is 16.3 Å². The molecule has 0 spiro atoms. The zero-order valence-corrected chi connectivity index (χ0v) is 10.3. The van der Waals surface area contributed by atoms with Crippen LogP contribution in [0.3, 0.4) is 0 Å². The van der Waals surface area contributed by atoms with E-state index in [2.05, 4.69) is 25.0 Å². The second-order valence-corrected chi connectivity index (χ2v) is 4.42. The van der Waals surface area contributed by atoms with Crippen molar-refractivity contribution < 1.29 is 14.4 Å². The molecule has 0 amide bonds. The van der Waals surface area contributed by atoms with Crippen LogP contribution in [0.2, 0.25) is 0 Å². The summed E-state index contributed by atoms with van der Waals surface area (Å²) in [4.78, 5) is 18.6. The number of carboxylic acid groups (broad SMARTS) is 1. The summed E-state index contributed by atoms with van der Waals surface area (Å²) in [7, 11) is 0. The Morgan fingerprint density at radius 3 is 3.11 bits per heavy atom. The lowest BCUT2D eigenvalue weighted by Gasteiger charge is -1.98. The third-order valence-electron chi connectivity index (χ3n) is 2.18. The second-order valence-electron chi connectivity index (χ2n) is 3.56. The molecule has 0 aliphatic rings. The lowest BCUT2D eigenvalue weighted by Crippen LogP contribution is -2.06. The SMILES string of the molecule is O=C(O)CCc1csc(NCCc2ncon2)n1. The lowest BCUT2D eigenvalue weighted by molar-refractivity contribution is -0.136. The molecule has 7 nitrogen and oxygen atoms in total. The van der Waals surface area contributed by atoms with Gasteiger partial charge in [-0.25, -0.2) is 4.98 Å². The summed E-state index contributed by atoms with van der Waals surface area (Å²) in [6.07, 6.45) is 2.51. The Labute approximate surface area is 107 Å². The molecule has 2 aromatic rings. The number of carboxylic acids is 1. The second kappa shape index (κ2) is 6.10. The fourth-order valence-corrected chi connectivity index (χ4v) is 2.10. The van der Waals surface area contributed by atoms with Crippen molar-refractivity contribution in [1.82, 2.24) is 15.1 Å². The molecule has 0 bridgehead atoms. The summed E-state index contributed by atoms with van der Waals surface area (Å²) in [5, 5.41) is 18.0. The Kier molecular flexibility index (Phi) is 4.24. The molecule has 0 aliphatic carbocycles. The molecule has 0 saturated carbocycles. The zero-order chi connectivity index (χ0) is 12.8. The molecule has 96 valence electrons. The minimum absolute atomic E-state index is 0.103. The Morgan fingerprint density at radius 2 is 2.39 bits per heavy atom. The number of thiazole rings is 1. The van der Waals surface area contributed by atoms with E-state index in [4.69, 9.17) is 5.11 Å². The van der Waals surface area contributed by atoms with Gasteiger partial charge in [0.2, 0.25) is 6.39 Å². The maximum atomic E-state index is 10.4. The quantitative estimate of drug-likeness (QED) is 0.777. The van der Waals surface area contributed by atoms with Gasteiger partial charge in [0, 0.05) is 24.8 Å². The molecule has 2 heterocycles. The molecule has 0 atom stereocenters. The average molecular weight is 268 g/mol. The van der Waals surface area contributed by atoms with Crippen molar-refractivity contribution in [2.75, 3.05) is 11.9 Å². The normalized spacial score (nSPS) is 10.4. The van der Waals surface area contributed by atoms with E-state index in [1.807, 2.05) is 5.38 Å². The summed E-state index contributed by atoms with van der Waals surface area (Å²) in [5.74, 6) is -0.167. The fourth-order valence-electron chi connectivity index (χ4n) is 1.32. The fraction of sp³-hybridized carbons (Fsp3) is 0.400. The smallest absolute Gasteiger partial charge is 0.303 e. The topological polar surface area (TPSA) is 101 Å². The molecule has 2 N–H and O–H groups in total. The highest BCUT2D eigenvalue weighted by atomic mass is 32.1. The van der Waals surface area contributed by atoms with Gasteiger partial charge in [-0.2, -0.15) is 4.98 Å². The number of aliphatic carboxylic acids is 1. The van der Waals surface area contributed by atoms with Crippen LogP contribution in [0.4, 0.5) is 5.13 Å². The van der Waals surface area contributed by atoms with Crippen LogP contribution in [0.25, 0.3) is 0 Å². The van der Waals surface area contributed by atoms with Gasteiger partial charge in [-0.15, -0.1) is 11.3 Å². The van der Waals surface area contributed by atoms with Crippen molar-refractivity contribution in [1.29, 1.82) is 0 Å². The molecule has 0 radical (unpaired) electrons. The number of hydrogen-bond acceptors (Lipinski definition) is 7. The van der Waals surface area contributed by atoms with Gasteiger partial charge in [0.1, 0.15) is 0 Å². The highest BCUT2D eigenvalue weighted by Crippen LogP contribution is 2.16. The molecule has 0 aliphatic heterocycles. The number of rotatable bonds is 7. The largest absolute Gasteiger partial charge is 0.481 e. The highest BCUT2D eigenvalue weighted by Gasteiger charge is 2.05. The number of anilines is 1. The van der Waals surface area contributed by atoms with E-state index >= 15 is 0 Å². The Hall–Kier alpha value is -1.96. The number of aryl methyl sites for hydroxylation is 1. The van der Waals surface area contributed by atoms with Crippen LogP contribution in [-0.2, 0) is 17.6 Å². The highest BCUT2D eigenvalue weighted by molar-refractivity contribution is 7.13. The summed E-state index contributed by atoms with van der Waals surface area (Å²) in [6, 6.07) is 0. The standard InChI is InChI=1S/C10H12N4O3S/c15-9(16)2-1-7-5-18-10(13-7)11-4-3-8-12-6-17-14-8/h5-6H,1-4H2,(H,11,13)(H,15,16). The minimum atomic E-state index is -0.811. The van der Waals surface area contributed by atoms with E-state index in [-0.39, 0.29) is 6.42 Å². The van der Waals surface area contributed by atoms with E-state index in [9.17, 15) is 4.79 Å². The van der Waals surface area contributed by atoms with E-state index < -0.39 is 5.97 Å². The number of aromatic nitrogens is 3. The molecule has 0 fully saturated rings. The van der Waals surface area contributed by atoms with Crippen molar-refractivity contribution in [2.24, 2.45) is 0 Å². The van der Waals surface area contributed by atoms with Gasteiger partial charge in [-0.1, -0.05) is 5.16 Å². The van der Waals surface area contributed by atoms with Crippen LogP contribution in [0.5, 0.6) is 0 Å². The first-order valence-corrected chi connectivity index (χ1v) is 6.27. The van der Waals surface area contributed by atoms with E-state index in [0.717, 1.165) is 10.8 Å². The predicted octanol–water partition coefficient (Wildman–Crippen LogP) is 1.20. The number of carbonyl (C=O) groups is 1. The Balaban J connectivity index is 1.74. The monoisotopic (exact) mass is 268 g/mol. The molecular weight excluding hydrogens is 256 g/mol. The molecule has 2 aromatic heterocycles. The van der Waals surface area contributed by atoms with Crippen LogP contribution >= 0.6 is 11.3 Å². The number of nitrogens with one attached hydrogen (secondary N) is 1. The van der Waals surface area contributed by atoms with Gasteiger partial charge >= 0.3 is 5.97 Å². The molecule has 8 heteroatoms. The van der Waals surface area contributed by atoms with Gasteiger partial charge in [0.05, 0.1) is 12.1 Å². The Bertz CT molecular complexity index is 497. The first kappa shape index (κ1) is 12.5. The summed E-state index contributed by atoms with van der Waals surface area (Å²) in [6.45, 7) is 0.658. The third-order valence-corrected chi connectivity index (χ3v) is 3.03. The maximum Gasteiger partial charge on any atom is 0.303 e. The summed E-state index contributed by atoms with van der Waals surface area (Å²) >= 11 is 1.46. The predicted molar refractivity (Wildman–Crippen MR) is 64.6 cm³/mol. The van der Waals surface area contributed by atoms with Crippen LogP contribution in [0.1, 0.15) is 17.9 Å². The van der Waals surface area contributed by atoms with Gasteiger partial charge in [0.25, 0.3) is 0 Å². The van der Waals surface area contributed by atoms with Crippen molar-refractivity contribution in [3.63, 3.8) is 0 Å². The minimum Gasteiger partial charge on any atom is -0.481 e. The molecule has 18 heavy (non-hydrogen) atoms. The number of hydrogen-bond donors (Lipinski definition) is 2. The third kappa shape index (κ3) is 3.81. The van der Waals surface area contributed by atoms with Crippen molar-refractivity contribution in [3.05, 3.63) is 23.3 Å². The summed E-state index contributed by atoms with van der Waals surface area (Å²) in [5.41, 5.74) is 0.796. The van der Waals surface area contributed by atoms with Crippen LogP contribution in [0, 0.1) is 0 Å². The van der Waals surface area contributed by atoms with Gasteiger partial charge in [0.15, 0.2) is 11.0 Å². The molecule has 0 saturated heterocycles. The van der Waals surface area contributed by atoms with Crippen molar-refractivity contribution >= 4 is 22.4 Å². The molecular formula is C10H12N4O3S. The maximum absolute atomic E-state index is 10.4.